The molecule has 3 rings (SSSR count). The standard InChI is InChI=1S/C17H22N2O4S2/c1-4-23-16(22)17(7-9-24-3)12-11(14(20)19(2)15(12)21)13(18-17)10-6-5-8-25-10/h5-6,8,11-13,18H,4,7,9H2,1-3H3/t11-,12+,13+,17+/m0/s1. The van der Waals surface area contributed by atoms with E-state index in [0.717, 1.165) is 4.88 Å². The summed E-state index contributed by atoms with van der Waals surface area (Å²) in [4.78, 5) is 40.7. The van der Waals surface area contributed by atoms with Crippen molar-refractivity contribution in [3.8, 4) is 0 Å². The van der Waals surface area contributed by atoms with Gasteiger partial charge < -0.3 is 4.74 Å². The summed E-state index contributed by atoms with van der Waals surface area (Å²) in [6.45, 7) is 1.98. The predicted octanol–water partition coefficient (Wildman–Crippen LogP) is 1.68. The zero-order chi connectivity index (χ0) is 18.2. The molecule has 0 bridgehead atoms. The number of likely N-dealkylation sites (tertiary alicyclic amines) is 1. The van der Waals surface area contributed by atoms with Crippen molar-refractivity contribution in [1.29, 1.82) is 0 Å². The fourth-order valence-electron chi connectivity index (χ4n) is 3.90. The molecule has 6 nitrogen and oxygen atoms in total. The third-order valence-corrected chi connectivity index (χ3v) is 6.63. The number of imide groups is 1. The Hall–Kier alpha value is -1.38. The number of ether oxygens (including phenoxy) is 1. The van der Waals surface area contributed by atoms with Crippen molar-refractivity contribution >= 4 is 40.9 Å². The average molecular weight is 383 g/mol. The molecule has 25 heavy (non-hydrogen) atoms. The van der Waals surface area contributed by atoms with Gasteiger partial charge in [-0.2, -0.15) is 11.8 Å². The number of fused-ring (bicyclic) bond motifs is 1. The van der Waals surface area contributed by atoms with Gasteiger partial charge in [0.1, 0.15) is 5.54 Å². The molecule has 2 fully saturated rings. The predicted molar refractivity (Wildman–Crippen MR) is 97.3 cm³/mol. The Labute approximate surface area is 155 Å². The topological polar surface area (TPSA) is 75.7 Å². The molecule has 2 amide bonds. The highest BCUT2D eigenvalue weighted by Crippen LogP contribution is 2.51. The summed E-state index contributed by atoms with van der Waals surface area (Å²) in [6.07, 6.45) is 2.40. The van der Waals surface area contributed by atoms with Gasteiger partial charge in [-0.1, -0.05) is 6.07 Å². The Balaban J connectivity index is 2.09. The largest absolute Gasteiger partial charge is 0.465 e. The van der Waals surface area contributed by atoms with Gasteiger partial charge in [0.05, 0.1) is 24.5 Å². The molecule has 0 aromatic carbocycles. The normalized spacial score (nSPS) is 31.5. The molecule has 8 heteroatoms. The van der Waals surface area contributed by atoms with Crippen LogP contribution in [0.25, 0.3) is 0 Å². The molecule has 1 aromatic heterocycles. The Morgan fingerprint density at radius 1 is 1.44 bits per heavy atom. The van der Waals surface area contributed by atoms with E-state index in [9.17, 15) is 14.4 Å². The smallest absolute Gasteiger partial charge is 0.327 e. The lowest BCUT2D eigenvalue weighted by Crippen LogP contribution is -2.56. The number of carbonyl (C=O) groups excluding carboxylic acids is 3. The van der Waals surface area contributed by atoms with E-state index in [2.05, 4.69) is 5.32 Å². The maximum absolute atomic E-state index is 12.9. The molecule has 0 unspecified atom stereocenters. The van der Waals surface area contributed by atoms with Gasteiger partial charge in [-0.15, -0.1) is 11.3 Å². The molecule has 0 spiro atoms. The fraction of sp³-hybridized carbons (Fsp3) is 0.588. The first kappa shape index (κ1) is 18.4. The van der Waals surface area contributed by atoms with Gasteiger partial charge in [-0.25, -0.2) is 0 Å². The molecule has 0 radical (unpaired) electrons. The van der Waals surface area contributed by atoms with Crippen LogP contribution in [-0.2, 0) is 19.1 Å². The second-order valence-corrected chi connectivity index (χ2v) is 8.28. The van der Waals surface area contributed by atoms with Crippen molar-refractivity contribution < 1.29 is 19.1 Å². The molecule has 3 heterocycles. The van der Waals surface area contributed by atoms with Crippen LogP contribution >= 0.6 is 23.1 Å². The quantitative estimate of drug-likeness (QED) is 0.596. The molecule has 4 atom stereocenters. The molecular weight excluding hydrogens is 360 g/mol. The van der Waals surface area contributed by atoms with Crippen molar-refractivity contribution in [2.24, 2.45) is 11.8 Å². The Bertz CT molecular complexity index is 678. The fourth-order valence-corrected chi connectivity index (χ4v) is 5.25. The van der Waals surface area contributed by atoms with Crippen molar-refractivity contribution in [3.63, 3.8) is 0 Å². The van der Waals surface area contributed by atoms with Gasteiger partial charge in [0.15, 0.2) is 0 Å². The Morgan fingerprint density at radius 3 is 2.80 bits per heavy atom. The van der Waals surface area contributed by atoms with Gasteiger partial charge in [0.2, 0.25) is 11.8 Å². The van der Waals surface area contributed by atoms with Crippen LogP contribution in [0.4, 0.5) is 0 Å². The molecule has 1 aromatic rings. The molecule has 136 valence electrons. The first-order valence-electron chi connectivity index (χ1n) is 8.26. The number of nitrogens with one attached hydrogen (secondary N) is 1. The van der Waals surface area contributed by atoms with Crippen LogP contribution in [0, 0.1) is 11.8 Å². The van der Waals surface area contributed by atoms with Crippen molar-refractivity contribution in [2.45, 2.75) is 24.9 Å². The number of thioether (sulfide) groups is 1. The van der Waals surface area contributed by atoms with Gasteiger partial charge in [0.25, 0.3) is 0 Å². The first-order chi connectivity index (χ1) is 12.0. The van der Waals surface area contributed by atoms with E-state index in [1.165, 1.54) is 23.3 Å². The number of rotatable bonds is 6. The van der Waals surface area contributed by atoms with Crippen LogP contribution < -0.4 is 5.32 Å². The molecule has 0 saturated carbocycles. The highest BCUT2D eigenvalue weighted by Gasteiger charge is 2.68. The van der Waals surface area contributed by atoms with Gasteiger partial charge >= 0.3 is 5.97 Å². The van der Waals surface area contributed by atoms with Crippen LogP contribution in [0.3, 0.4) is 0 Å². The van der Waals surface area contributed by atoms with E-state index < -0.39 is 23.3 Å². The average Bonchev–Trinajstić information content (AvgIpc) is 3.28. The summed E-state index contributed by atoms with van der Waals surface area (Å²) >= 11 is 3.12. The molecule has 1 N–H and O–H groups in total. The molecular formula is C17H22N2O4S2. The maximum atomic E-state index is 12.9. The first-order valence-corrected chi connectivity index (χ1v) is 10.5. The zero-order valence-electron chi connectivity index (χ0n) is 14.5. The minimum absolute atomic E-state index is 0.226. The summed E-state index contributed by atoms with van der Waals surface area (Å²) < 4.78 is 5.33. The summed E-state index contributed by atoms with van der Waals surface area (Å²) in [5, 5.41) is 5.30. The summed E-state index contributed by atoms with van der Waals surface area (Å²) in [7, 11) is 1.50. The van der Waals surface area contributed by atoms with Gasteiger partial charge in [0, 0.05) is 11.9 Å². The summed E-state index contributed by atoms with van der Waals surface area (Å²) in [5.74, 6) is -1.55. The van der Waals surface area contributed by atoms with Gasteiger partial charge in [-0.3, -0.25) is 24.6 Å². The Kier molecular flexibility index (Phi) is 5.22. The third-order valence-electron chi connectivity index (χ3n) is 5.06. The van der Waals surface area contributed by atoms with Crippen LogP contribution in [0.5, 0.6) is 0 Å². The number of hydrogen-bond donors (Lipinski definition) is 1. The summed E-state index contributed by atoms with van der Waals surface area (Å²) in [6, 6.07) is 3.50. The second kappa shape index (κ2) is 7.09. The minimum atomic E-state index is -1.16. The van der Waals surface area contributed by atoms with Crippen molar-refractivity contribution in [2.75, 3.05) is 25.7 Å². The molecule has 0 aliphatic carbocycles. The lowest BCUT2D eigenvalue weighted by molar-refractivity contribution is -0.156. The Morgan fingerprint density at radius 2 is 2.20 bits per heavy atom. The third kappa shape index (κ3) is 2.80. The van der Waals surface area contributed by atoms with Crippen molar-refractivity contribution in [1.82, 2.24) is 10.2 Å². The highest BCUT2D eigenvalue weighted by atomic mass is 32.2. The zero-order valence-corrected chi connectivity index (χ0v) is 16.1. The van der Waals surface area contributed by atoms with E-state index >= 15 is 0 Å². The number of hydrogen-bond acceptors (Lipinski definition) is 7. The van der Waals surface area contributed by atoms with E-state index in [1.54, 1.807) is 18.7 Å². The number of esters is 1. The van der Waals surface area contributed by atoms with E-state index in [0.29, 0.717) is 12.2 Å². The van der Waals surface area contributed by atoms with Crippen LogP contribution in [0.1, 0.15) is 24.3 Å². The lowest BCUT2D eigenvalue weighted by atomic mass is 9.78. The van der Waals surface area contributed by atoms with Crippen molar-refractivity contribution in [3.05, 3.63) is 22.4 Å². The van der Waals surface area contributed by atoms with Crippen LogP contribution in [-0.4, -0.2) is 53.9 Å². The monoisotopic (exact) mass is 382 g/mol. The van der Waals surface area contributed by atoms with E-state index in [-0.39, 0.29) is 24.5 Å². The van der Waals surface area contributed by atoms with Gasteiger partial charge in [-0.05, 0) is 36.8 Å². The highest BCUT2D eigenvalue weighted by molar-refractivity contribution is 7.98. The number of thiophene rings is 1. The minimum Gasteiger partial charge on any atom is -0.465 e. The summed E-state index contributed by atoms with van der Waals surface area (Å²) in [5.41, 5.74) is -1.16. The molecule has 2 aliphatic heterocycles. The SMILES string of the molecule is CCOC(=O)[C@]1(CCSC)N[C@H](c2cccs2)[C@H]2C(=O)N(C)C(=O)[C@@H]21. The number of amides is 2. The lowest BCUT2D eigenvalue weighted by Gasteiger charge is -2.32. The van der Waals surface area contributed by atoms with E-state index in [4.69, 9.17) is 4.74 Å². The van der Waals surface area contributed by atoms with E-state index in [1.807, 2.05) is 23.8 Å². The molecule has 2 saturated heterocycles. The maximum Gasteiger partial charge on any atom is 0.327 e. The number of carbonyl (C=O) groups is 3. The molecule has 2 aliphatic rings. The van der Waals surface area contributed by atoms with Crippen LogP contribution in [0.15, 0.2) is 17.5 Å². The van der Waals surface area contributed by atoms with Crippen LogP contribution in [0.2, 0.25) is 0 Å². The number of nitrogens with zero attached hydrogens (tertiary/aromatic N) is 1. The second-order valence-electron chi connectivity index (χ2n) is 6.31.